The number of allylic oxidation sites excluding steroid dienone is 1. The van der Waals surface area contributed by atoms with E-state index in [1.807, 2.05) is 42.5 Å². The summed E-state index contributed by atoms with van der Waals surface area (Å²) in [4.78, 5) is 9.07. The number of rotatable bonds is 4. The van der Waals surface area contributed by atoms with Gasteiger partial charge >= 0.3 is 0 Å². The van der Waals surface area contributed by atoms with Gasteiger partial charge in [0, 0.05) is 33.4 Å². The number of benzene rings is 2. The zero-order chi connectivity index (χ0) is 22.0. The van der Waals surface area contributed by atoms with Crippen molar-refractivity contribution in [3.8, 4) is 45.2 Å². The van der Waals surface area contributed by atoms with E-state index >= 15 is 0 Å². The predicted octanol–water partition coefficient (Wildman–Crippen LogP) is 7.30. The summed E-state index contributed by atoms with van der Waals surface area (Å²) in [6, 6.07) is 32.7. The topological polar surface area (TPSA) is 38.9 Å². The second-order valence-electron chi connectivity index (χ2n) is 8.00. The third-order valence-corrected chi connectivity index (χ3v) is 5.97. The van der Waals surface area contributed by atoms with Gasteiger partial charge in [0.15, 0.2) is 5.76 Å². The van der Waals surface area contributed by atoms with E-state index in [2.05, 4.69) is 70.7 Å². The largest absolute Gasteiger partial charge is 0.453 e. The maximum atomic E-state index is 6.63. The van der Waals surface area contributed by atoms with Crippen LogP contribution in [0.4, 0.5) is 0 Å². The molecule has 2 heterocycles. The molecule has 0 N–H and O–H groups in total. The van der Waals surface area contributed by atoms with Crippen molar-refractivity contribution in [3.63, 3.8) is 0 Å². The molecule has 0 radical (unpaired) electrons. The molecule has 0 fully saturated rings. The Morgan fingerprint density at radius 2 is 1.61 bits per heavy atom. The van der Waals surface area contributed by atoms with Crippen molar-refractivity contribution in [2.24, 2.45) is 0 Å². The van der Waals surface area contributed by atoms with Crippen LogP contribution in [0, 0.1) is 12.1 Å². The molecular formula is C30H20N2O. The first-order chi connectivity index (χ1) is 16.4. The smallest absolute Gasteiger partial charge is 0.160 e. The van der Waals surface area contributed by atoms with Crippen LogP contribution in [0.1, 0.15) is 17.5 Å². The van der Waals surface area contributed by atoms with Gasteiger partial charge < -0.3 is 4.42 Å². The Kier molecular flexibility index (Phi) is 4.82. The summed E-state index contributed by atoms with van der Waals surface area (Å²) in [5.74, 6) is 1.69. The molecule has 3 heteroatoms. The van der Waals surface area contributed by atoms with Crippen LogP contribution in [-0.4, -0.2) is 9.97 Å². The van der Waals surface area contributed by atoms with Crippen molar-refractivity contribution in [2.75, 3.05) is 0 Å². The van der Waals surface area contributed by atoms with Crippen LogP contribution in [0.15, 0.2) is 95.7 Å². The Morgan fingerprint density at radius 1 is 0.788 bits per heavy atom. The van der Waals surface area contributed by atoms with E-state index in [-0.39, 0.29) is 0 Å². The lowest BCUT2D eigenvalue weighted by molar-refractivity contribution is 0.591. The summed E-state index contributed by atoms with van der Waals surface area (Å²) in [6.07, 6.45) is 7.90. The molecule has 5 aromatic rings. The van der Waals surface area contributed by atoms with Gasteiger partial charge in [0.05, 0.1) is 5.69 Å². The summed E-state index contributed by atoms with van der Waals surface area (Å²) in [7, 11) is 0. The van der Waals surface area contributed by atoms with Crippen LogP contribution in [0.25, 0.3) is 51.2 Å². The predicted molar refractivity (Wildman–Crippen MR) is 131 cm³/mol. The highest BCUT2D eigenvalue weighted by Crippen LogP contribution is 2.43. The van der Waals surface area contributed by atoms with Crippen LogP contribution >= 0.6 is 0 Å². The van der Waals surface area contributed by atoms with Crippen LogP contribution in [0.5, 0.6) is 0 Å². The second-order valence-corrected chi connectivity index (χ2v) is 8.00. The normalized spacial score (nSPS) is 12.2. The Hall–Kier alpha value is -4.42. The molecule has 0 amide bonds. The van der Waals surface area contributed by atoms with Crippen molar-refractivity contribution >= 4 is 6.08 Å². The molecule has 3 nitrogen and oxygen atoms in total. The molecule has 3 aromatic carbocycles. The van der Waals surface area contributed by atoms with Gasteiger partial charge in [-0.25, -0.2) is 9.97 Å². The fourth-order valence-electron chi connectivity index (χ4n) is 4.41. The van der Waals surface area contributed by atoms with Crippen LogP contribution < -0.4 is 0 Å². The highest BCUT2D eigenvalue weighted by atomic mass is 16.3. The number of furan rings is 1. The zero-order valence-electron chi connectivity index (χ0n) is 18.0. The molecule has 0 unspecified atom stereocenters. The quantitative estimate of drug-likeness (QED) is 0.304. The van der Waals surface area contributed by atoms with E-state index in [9.17, 15) is 0 Å². The Bertz CT molecular complexity index is 1450. The van der Waals surface area contributed by atoms with Crippen LogP contribution in [0.2, 0.25) is 0 Å². The van der Waals surface area contributed by atoms with E-state index in [1.165, 1.54) is 5.56 Å². The summed E-state index contributed by atoms with van der Waals surface area (Å²) in [5, 5.41) is 0. The van der Waals surface area contributed by atoms with Crippen molar-refractivity contribution in [2.45, 2.75) is 12.8 Å². The highest BCUT2D eigenvalue weighted by molar-refractivity contribution is 5.87. The number of hydrogen-bond acceptors (Lipinski definition) is 3. The molecule has 0 saturated carbocycles. The first kappa shape index (κ1) is 19.3. The van der Waals surface area contributed by atoms with E-state index in [1.54, 1.807) is 6.33 Å². The first-order valence-corrected chi connectivity index (χ1v) is 11.1. The second kappa shape index (κ2) is 8.26. The molecule has 0 spiro atoms. The molecule has 156 valence electrons. The van der Waals surface area contributed by atoms with Crippen molar-refractivity contribution < 1.29 is 4.42 Å². The zero-order valence-corrected chi connectivity index (χ0v) is 18.0. The van der Waals surface area contributed by atoms with Gasteiger partial charge in [-0.1, -0.05) is 84.9 Å². The molecule has 33 heavy (non-hydrogen) atoms. The molecule has 6 rings (SSSR count). The monoisotopic (exact) mass is 424 g/mol. The first-order valence-electron chi connectivity index (χ1n) is 11.1. The fraction of sp³-hybridized carbons (Fsp3) is 0.0667. The third-order valence-electron chi connectivity index (χ3n) is 5.97. The van der Waals surface area contributed by atoms with E-state index in [4.69, 9.17) is 4.42 Å². The number of fused-ring (bicyclic) bond motifs is 1. The van der Waals surface area contributed by atoms with Gasteiger partial charge in [-0.3, -0.25) is 0 Å². The minimum Gasteiger partial charge on any atom is -0.453 e. The lowest BCUT2D eigenvalue weighted by atomic mass is 9.92. The minimum absolute atomic E-state index is 0.786. The van der Waals surface area contributed by atoms with Crippen molar-refractivity contribution in [1.29, 1.82) is 0 Å². The molecule has 0 bridgehead atoms. The van der Waals surface area contributed by atoms with Crippen LogP contribution in [-0.2, 0) is 6.42 Å². The SMILES string of the molecule is c1cccc(-c2ccccc2-c2oc(-c3cc(-c4ccccc4)ncn3)c3c2CCC=C3)c#1. The van der Waals surface area contributed by atoms with Crippen LogP contribution in [0.3, 0.4) is 0 Å². The Labute approximate surface area is 193 Å². The average molecular weight is 425 g/mol. The number of aromatic nitrogens is 2. The highest BCUT2D eigenvalue weighted by Gasteiger charge is 2.25. The van der Waals surface area contributed by atoms with E-state index in [0.29, 0.717) is 0 Å². The minimum atomic E-state index is 0.786. The van der Waals surface area contributed by atoms with Gasteiger partial charge in [0.25, 0.3) is 0 Å². The lowest BCUT2D eigenvalue weighted by Gasteiger charge is -2.10. The van der Waals surface area contributed by atoms with Gasteiger partial charge in [-0.2, -0.15) is 0 Å². The summed E-state index contributed by atoms with van der Waals surface area (Å²) >= 11 is 0. The molecule has 1 aliphatic rings. The van der Waals surface area contributed by atoms with Gasteiger partial charge in [-0.05, 0) is 31.0 Å². The molecule has 0 saturated heterocycles. The maximum absolute atomic E-state index is 6.63. The number of hydrogen-bond donors (Lipinski definition) is 0. The summed E-state index contributed by atoms with van der Waals surface area (Å²) < 4.78 is 6.63. The van der Waals surface area contributed by atoms with E-state index in [0.717, 1.165) is 63.6 Å². The molecular weight excluding hydrogens is 404 g/mol. The summed E-state index contributed by atoms with van der Waals surface area (Å²) in [5.41, 5.74) is 8.19. The lowest BCUT2D eigenvalue weighted by Crippen LogP contribution is -1.95. The Morgan fingerprint density at radius 3 is 2.45 bits per heavy atom. The molecule has 1 aliphatic carbocycles. The molecule has 2 aromatic heterocycles. The maximum Gasteiger partial charge on any atom is 0.160 e. The van der Waals surface area contributed by atoms with Crippen molar-refractivity contribution in [3.05, 3.63) is 115 Å². The van der Waals surface area contributed by atoms with Gasteiger partial charge in [0.2, 0.25) is 0 Å². The van der Waals surface area contributed by atoms with Gasteiger partial charge in [-0.15, -0.1) is 0 Å². The standard InChI is InChI=1S/C30H20N2O/c1-3-11-21(12-4-1)23-15-7-8-16-24(23)29-25-17-9-10-18-26(25)30(33-29)28-19-27(31-20-32-28)22-13-5-2-6-14-22/h1-3,5-8,10-11,13-16,18-20H,9,17H2. The molecule has 0 aliphatic heterocycles. The van der Waals surface area contributed by atoms with Crippen molar-refractivity contribution in [1.82, 2.24) is 9.97 Å². The summed E-state index contributed by atoms with van der Waals surface area (Å²) in [6.45, 7) is 0. The Balaban J connectivity index is 1.53. The third kappa shape index (κ3) is 3.52. The van der Waals surface area contributed by atoms with Gasteiger partial charge in [0.1, 0.15) is 17.8 Å². The number of nitrogens with zero attached hydrogens (tertiary/aromatic N) is 2. The van der Waals surface area contributed by atoms with E-state index < -0.39 is 0 Å². The fourth-order valence-corrected chi connectivity index (χ4v) is 4.41. The average Bonchev–Trinajstić information content (AvgIpc) is 3.29. The molecule has 0 atom stereocenters.